The number of carbonyl (C=O) groups excluding carboxylic acids is 1. The average Bonchev–Trinajstić information content (AvgIpc) is 2.63. The van der Waals surface area contributed by atoms with E-state index in [0.29, 0.717) is 0 Å². The molecule has 12 heteroatoms. The van der Waals surface area contributed by atoms with Gasteiger partial charge in [0.05, 0.1) is 20.5 Å². The number of halogens is 1. The number of nitro groups is 2. The number of hydrogen-bond donors (Lipinski definition) is 2. The summed E-state index contributed by atoms with van der Waals surface area (Å²) in [5.74, 6) is -1.11. The van der Waals surface area contributed by atoms with E-state index in [1.54, 1.807) is 0 Å². The van der Waals surface area contributed by atoms with E-state index in [4.69, 9.17) is 4.74 Å². The fourth-order valence-electron chi connectivity index (χ4n) is 1.89. The highest BCUT2D eigenvalue weighted by atomic mass is 79.9. The Bertz CT molecular complexity index is 932. The highest BCUT2D eigenvalue weighted by Gasteiger charge is 2.15. The van der Waals surface area contributed by atoms with Gasteiger partial charge in [-0.2, -0.15) is 5.10 Å². The van der Waals surface area contributed by atoms with E-state index in [-0.39, 0.29) is 32.9 Å². The zero-order valence-corrected chi connectivity index (χ0v) is 15.0. The van der Waals surface area contributed by atoms with Crippen LogP contribution in [0.5, 0.6) is 11.5 Å². The topological polar surface area (TPSA) is 157 Å². The van der Waals surface area contributed by atoms with Crippen LogP contribution in [0.15, 0.2) is 46.0 Å². The second-order valence-electron chi connectivity index (χ2n) is 4.93. The lowest BCUT2D eigenvalue weighted by molar-refractivity contribution is -0.385. The summed E-state index contributed by atoms with van der Waals surface area (Å²) in [4.78, 5) is 32.1. The number of ether oxygens (including phenoxy) is 1. The Labute approximate surface area is 159 Å². The number of hydrogen-bond acceptors (Lipinski definition) is 8. The Balaban J connectivity index is 2.00. The van der Waals surface area contributed by atoms with Crippen LogP contribution >= 0.6 is 15.9 Å². The number of carbonyl (C=O) groups is 1. The lowest BCUT2D eigenvalue weighted by Gasteiger charge is -2.05. The van der Waals surface area contributed by atoms with Crippen molar-refractivity contribution >= 4 is 39.4 Å². The number of phenols is 1. The van der Waals surface area contributed by atoms with Gasteiger partial charge in [0, 0.05) is 23.8 Å². The van der Waals surface area contributed by atoms with Gasteiger partial charge in [0.1, 0.15) is 5.75 Å². The molecule has 0 bridgehead atoms. The molecule has 11 nitrogen and oxygen atoms in total. The zero-order chi connectivity index (χ0) is 20.0. The maximum absolute atomic E-state index is 11.7. The molecule has 27 heavy (non-hydrogen) atoms. The van der Waals surface area contributed by atoms with Gasteiger partial charge in [-0.25, -0.2) is 5.43 Å². The van der Waals surface area contributed by atoms with Crippen molar-refractivity contribution in [1.82, 2.24) is 5.43 Å². The summed E-state index contributed by atoms with van der Waals surface area (Å²) in [7, 11) is 0. The number of amides is 1. The molecule has 2 rings (SSSR count). The Hall–Kier alpha value is -3.54. The molecule has 0 heterocycles. The fraction of sp³-hybridized carbons (Fsp3) is 0.0667. The Morgan fingerprint density at radius 1 is 1.26 bits per heavy atom. The summed E-state index contributed by atoms with van der Waals surface area (Å²) in [5.41, 5.74) is 1.50. The Morgan fingerprint density at radius 3 is 2.63 bits per heavy atom. The summed E-state index contributed by atoms with van der Waals surface area (Å²) >= 11 is 2.98. The van der Waals surface area contributed by atoms with E-state index < -0.39 is 22.4 Å². The van der Waals surface area contributed by atoms with Crippen molar-refractivity contribution in [2.75, 3.05) is 6.61 Å². The van der Waals surface area contributed by atoms with Crippen LogP contribution in [0.1, 0.15) is 5.56 Å². The number of non-ortho nitro benzene ring substituents is 1. The number of para-hydroxylation sites is 2. The van der Waals surface area contributed by atoms with Crippen LogP contribution in [0.3, 0.4) is 0 Å². The third kappa shape index (κ3) is 5.22. The summed E-state index contributed by atoms with van der Waals surface area (Å²) in [6.45, 7) is -0.549. The molecule has 2 aromatic carbocycles. The number of nitro benzene ring substituents is 2. The van der Waals surface area contributed by atoms with Gasteiger partial charge in [-0.3, -0.25) is 25.0 Å². The molecule has 140 valence electrons. The normalized spacial score (nSPS) is 10.6. The third-order valence-corrected chi connectivity index (χ3v) is 3.71. The van der Waals surface area contributed by atoms with Gasteiger partial charge in [-0.1, -0.05) is 12.1 Å². The summed E-state index contributed by atoms with van der Waals surface area (Å²) in [5, 5.41) is 35.1. The second kappa shape index (κ2) is 8.71. The van der Waals surface area contributed by atoms with Gasteiger partial charge in [0.25, 0.3) is 11.6 Å². The van der Waals surface area contributed by atoms with Crippen LogP contribution in [0.2, 0.25) is 0 Å². The minimum Gasteiger partial charge on any atom is -0.506 e. The number of hydrazone groups is 1. The minimum absolute atomic E-state index is 0.00371. The number of aromatic hydroxyl groups is 1. The van der Waals surface area contributed by atoms with E-state index in [1.165, 1.54) is 24.3 Å². The molecule has 2 N–H and O–H groups in total. The fourth-order valence-corrected chi connectivity index (χ4v) is 2.35. The van der Waals surface area contributed by atoms with Crippen LogP contribution < -0.4 is 10.2 Å². The maximum Gasteiger partial charge on any atom is 0.310 e. The summed E-state index contributed by atoms with van der Waals surface area (Å²) in [6, 6.07) is 7.73. The Kier molecular flexibility index (Phi) is 6.38. The van der Waals surface area contributed by atoms with Crippen molar-refractivity contribution in [3.05, 3.63) is 66.7 Å². The van der Waals surface area contributed by atoms with E-state index in [2.05, 4.69) is 26.5 Å². The first-order valence-electron chi connectivity index (χ1n) is 7.14. The molecule has 0 atom stereocenters. The maximum atomic E-state index is 11.7. The molecule has 0 fully saturated rings. The molecular weight excluding hydrogens is 428 g/mol. The van der Waals surface area contributed by atoms with Crippen molar-refractivity contribution in [3.63, 3.8) is 0 Å². The van der Waals surface area contributed by atoms with E-state index in [0.717, 1.165) is 18.3 Å². The first-order valence-corrected chi connectivity index (χ1v) is 7.94. The molecule has 0 radical (unpaired) electrons. The van der Waals surface area contributed by atoms with Gasteiger partial charge in [-0.05, 0) is 22.0 Å². The largest absolute Gasteiger partial charge is 0.506 e. The average molecular weight is 439 g/mol. The molecule has 0 unspecified atom stereocenters. The predicted octanol–water partition coefficient (Wildman–Crippen LogP) is 2.50. The van der Waals surface area contributed by atoms with Gasteiger partial charge in [-0.15, -0.1) is 0 Å². The highest BCUT2D eigenvalue weighted by Crippen LogP contribution is 2.31. The van der Waals surface area contributed by atoms with Crippen molar-refractivity contribution < 1.29 is 24.5 Å². The SMILES string of the molecule is O=C(COc1ccccc1[N+](=O)[O-])N/N=C\c1cc([N+](=O)[O-])cc(Br)c1O. The first kappa shape index (κ1) is 19.8. The lowest BCUT2D eigenvalue weighted by Crippen LogP contribution is -2.24. The quantitative estimate of drug-likeness (QED) is 0.381. The van der Waals surface area contributed by atoms with Crippen molar-refractivity contribution in [2.24, 2.45) is 5.10 Å². The number of rotatable bonds is 7. The molecule has 0 saturated heterocycles. The van der Waals surface area contributed by atoms with Crippen LogP contribution in [0, 0.1) is 20.2 Å². The number of phenolic OH excluding ortho intramolecular Hbond substituents is 1. The minimum atomic E-state index is -0.728. The van der Waals surface area contributed by atoms with Gasteiger partial charge in [0.2, 0.25) is 0 Å². The Morgan fingerprint density at radius 2 is 1.96 bits per heavy atom. The standard InChI is InChI=1S/C15H11BrN4O7/c16-11-6-10(19(23)24)5-9(15(11)22)7-17-18-14(21)8-27-13-4-2-1-3-12(13)20(25)26/h1-7,22H,8H2,(H,18,21)/b17-7-. The second-order valence-corrected chi connectivity index (χ2v) is 5.78. The van der Waals surface area contributed by atoms with Crippen LogP contribution in [-0.2, 0) is 4.79 Å². The molecule has 0 aliphatic heterocycles. The lowest BCUT2D eigenvalue weighted by atomic mass is 10.2. The summed E-state index contributed by atoms with van der Waals surface area (Å²) in [6.07, 6.45) is 1.01. The van der Waals surface area contributed by atoms with Crippen LogP contribution in [0.25, 0.3) is 0 Å². The van der Waals surface area contributed by atoms with Crippen LogP contribution in [-0.4, -0.2) is 33.7 Å². The number of nitrogens with one attached hydrogen (secondary N) is 1. The molecule has 0 saturated carbocycles. The van der Waals surface area contributed by atoms with E-state index in [9.17, 15) is 30.1 Å². The van der Waals surface area contributed by atoms with Gasteiger partial charge in [0.15, 0.2) is 12.4 Å². The van der Waals surface area contributed by atoms with Crippen molar-refractivity contribution in [2.45, 2.75) is 0 Å². The van der Waals surface area contributed by atoms with Gasteiger partial charge < -0.3 is 9.84 Å². The molecule has 1 amide bonds. The summed E-state index contributed by atoms with van der Waals surface area (Å²) < 4.78 is 5.17. The highest BCUT2D eigenvalue weighted by molar-refractivity contribution is 9.10. The first-order chi connectivity index (χ1) is 12.8. The van der Waals surface area contributed by atoms with Crippen molar-refractivity contribution in [3.8, 4) is 11.5 Å². The van der Waals surface area contributed by atoms with Crippen molar-refractivity contribution in [1.29, 1.82) is 0 Å². The molecule has 0 spiro atoms. The third-order valence-electron chi connectivity index (χ3n) is 3.10. The predicted molar refractivity (Wildman–Crippen MR) is 96.8 cm³/mol. The van der Waals surface area contributed by atoms with E-state index >= 15 is 0 Å². The smallest absolute Gasteiger partial charge is 0.310 e. The molecule has 0 aromatic heterocycles. The molecule has 0 aliphatic carbocycles. The monoisotopic (exact) mass is 438 g/mol. The molecule has 2 aromatic rings. The molecule has 0 aliphatic rings. The van der Waals surface area contributed by atoms with E-state index in [1.807, 2.05) is 0 Å². The van der Waals surface area contributed by atoms with Gasteiger partial charge >= 0.3 is 5.69 Å². The molecular formula is C15H11BrN4O7. The van der Waals surface area contributed by atoms with Crippen LogP contribution in [0.4, 0.5) is 11.4 Å². The number of nitrogens with zero attached hydrogens (tertiary/aromatic N) is 3. The zero-order valence-electron chi connectivity index (χ0n) is 13.4. The number of benzene rings is 2.